The Kier molecular flexibility index (Phi) is 3.52. The molecule has 0 radical (unpaired) electrons. The molecule has 1 saturated carbocycles. The third-order valence-corrected chi connectivity index (χ3v) is 3.88. The number of fused-ring (bicyclic) bond motifs is 1. The monoisotopic (exact) mass is 200 g/mol. The van der Waals surface area contributed by atoms with Crippen molar-refractivity contribution in [3.8, 4) is 0 Å². The van der Waals surface area contributed by atoms with E-state index in [1.807, 2.05) is 0 Å². The van der Waals surface area contributed by atoms with Crippen LogP contribution in [0.4, 0.5) is 0 Å². The van der Waals surface area contributed by atoms with Crippen LogP contribution < -0.4 is 10.6 Å². The Morgan fingerprint density at radius 1 is 1.00 bits per heavy atom. The van der Waals surface area contributed by atoms with Crippen LogP contribution >= 0.6 is 12.6 Å². The van der Waals surface area contributed by atoms with Crippen molar-refractivity contribution in [2.45, 2.75) is 37.8 Å². The average molecular weight is 200 g/mol. The molecule has 1 heterocycles. The summed E-state index contributed by atoms with van der Waals surface area (Å²) in [6.07, 6.45) is 5.52. The number of hydrogen-bond acceptors (Lipinski definition) is 3. The van der Waals surface area contributed by atoms with E-state index < -0.39 is 0 Å². The van der Waals surface area contributed by atoms with Gasteiger partial charge in [-0.05, 0) is 24.5 Å². The first-order valence-corrected chi connectivity index (χ1v) is 6.11. The summed E-state index contributed by atoms with van der Waals surface area (Å²) in [4.78, 5) is 0. The van der Waals surface area contributed by atoms with E-state index in [2.05, 4.69) is 23.3 Å². The molecule has 3 atom stereocenters. The molecular formula is C10H20N2S. The Balaban J connectivity index is 1.91. The Labute approximate surface area is 86.3 Å². The Morgan fingerprint density at radius 2 is 1.54 bits per heavy atom. The maximum atomic E-state index is 4.36. The second-order valence-electron chi connectivity index (χ2n) is 4.36. The Morgan fingerprint density at radius 3 is 2.00 bits per heavy atom. The molecule has 2 rings (SSSR count). The summed E-state index contributed by atoms with van der Waals surface area (Å²) in [6.45, 7) is 2.30. The van der Waals surface area contributed by atoms with E-state index >= 15 is 0 Å². The van der Waals surface area contributed by atoms with Gasteiger partial charge in [-0.1, -0.05) is 12.8 Å². The molecule has 0 amide bonds. The van der Waals surface area contributed by atoms with E-state index in [1.165, 1.54) is 25.7 Å². The molecule has 13 heavy (non-hydrogen) atoms. The molecule has 0 spiro atoms. The van der Waals surface area contributed by atoms with Crippen LogP contribution in [0.5, 0.6) is 0 Å². The minimum absolute atomic E-state index is 0.717. The van der Waals surface area contributed by atoms with Crippen LogP contribution in [-0.4, -0.2) is 30.9 Å². The van der Waals surface area contributed by atoms with E-state index in [0.29, 0.717) is 5.92 Å². The highest BCUT2D eigenvalue weighted by atomic mass is 32.1. The topological polar surface area (TPSA) is 24.1 Å². The van der Waals surface area contributed by atoms with Gasteiger partial charge in [0.1, 0.15) is 0 Å². The van der Waals surface area contributed by atoms with Crippen molar-refractivity contribution in [3.63, 3.8) is 0 Å². The van der Waals surface area contributed by atoms with Crippen molar-refractivity contribution in [2.75, 3.05) is 18.8 Å². The van der Waals surface area contributed by atoms with Crippen LogP contribution in [0.1, 0.15) is 25.7 Å². The molecule has 76 valence electrons. The fourth-order valence-electron chi connectivity index (χ4n) is 2.46. The molecule has 2 aliphatic rings. The van der Waals surface area contributed by atoms with Crippen LogP contribution in [0, 0.1) is 5.92 Å². The molecular weight excluding hydrogens is 180 g/mol. The summed E-state index contributed by atoms with van der Waals surface area (Å²) in [5.41, 5.74) is 0. The van der Waals surface area contributed by atoms with Gasteiger partial charge in [-0.2, -0.15) is 12.6 Å². The van der Waals surface area contributed by atoms with E-state index in [1.54, 1.807) is 0 Å². The lowest BCUT2D eigenvalue weighted by Gasteiger charge is -2.30. The summed E-state index contributed by atoms with van der Waals surface area (Å²) in [6, 6.07) is 1.47. The Hall–Kier alpha value is 0.270. The first-order valence-electron chi connectivity index (χ1n) is 5.48. The van der Waals surface area contributed by atoms with E-state index in [9.17, 15) is 0 Å². The van der Waals surface area contributed by atoms with Crippen LogP contribution in [0.25, 0.3) is 0 Å². The lowest BCUT2D eigenvalue weighted by atomic mass is 9.91. The summed E-state index contributed by atoms with van der Waals surface area (Å²) >= 11 is 4.36. The first kappa shape index (κ1) is 9.81. The van der Waals surface area contributed by atoms with E-state index in [0.717, 1.165) is 30.9 Å². The van der Waals surface area contributed by atoms with Crippen LogP contribution in [0.2, 0.25) is 0 Å². The van der Waals surface area contributed by atoms with Gasteiger partial charge >= 0.3 is 0 Å². The molecule has 1 saturated heterocycles. The summed E-state index contributed by atoms with van der Waals surface area (Å²) < 4.78 is 0. The van der Waals surface area contributed by atoms with Gasteiger partial charge in [0.25, 0.3) is 0 Å². The molecule has 3 heteroatoms. The molecule has 1 unspecified atom stereocenters. The lowest BCUT2D eigenvalue weighted by Crippen LogP contribution is -2.47. The normalized spacial score (nSPS) is 40.8. The molecule has 0 aromatic carbocycles. The fourth-order valence-corrected chi connectivity index (χ4v) is 2.72. The zero-order valence-electron chi connectivity index (χ0n) is 8.13. The molecule has 1 aliphatic heterocycles. The van der Waals surface area contributed by atoms with Crippen molar-refractivity contribution in [1.29, 1.82) is 0 Å². The SMILES string of the molecule is SCC1CN[C@H]2CCCC[C@H]2NC1. The molecule has 0 aromatic rings. The molecule has 2 N–H and O–H groups in total. The number of hydrogen-bond donors (Lipinski definition) is 3. The number of thiol groups is 1. The third-order valence-electron chi connectivity index (χ3n) is 3.36. The van der Waals surface area contributed by atoms with Gasteiger partial charge in [-0.15, -0.1) is 0 Å². The maximum Gasteiger partial charge on any atom is 0.0221 e. The molecule has 2 nitrogen and oxygen atoms in total. The number of nitrogens with one attached hydrogen (secondary N) is 2. The third kappa shape index (κ3) is 2.39. The first-order chi connectivity index (χ1) is 6.40. The number of rotatable bonds is 1. The smallest absolute Gasteiger partial charge is 0.0221 e. The zero-order valence-corrected chi connectivity index (χ0v) is 9.02. The summed E-state index contributed by atoms with van der Waals surface area (Å²) in [5.74, 6) is 1.72. The van der Waals surface area contributed by atoms with Crippen LogP contribution in [0.3, 0.4) is 0 Å². The quantitative estimate of drug-likeness (QED) is 0.551. The van der Waals surface area contributed by atoms with Gasteiger partial charge in [0.2, 0.25) is 0 Å². The highest BCUT2D eigenvalue weighted by Gasteiger charge is 2.27. The lowest BCUT2D eigenvalue weighted by molar-refractivity contribution is 0.309. The van der Waals surface area contributed by atoms with Gasteiger partial charge in [0.05, 0.1) is 0 Å². The largest absolute Gasteiger partial charge is 0.312 e. The van der Waals surface area contributed by atoms with Gasteiger partial charge in [0, 0.05) is 25.2 Å². The second-order valence-corrected chi connectivity index (χ2v) is 4.73. The summed E-state index contributed by atoms with van der Waals surface area (Å²) in [7, 11) is 0. The van der Waals surface area contributed by atoms with Gasteiger partial charge in [-0.3, -0.25) is 0 Å². The minimum Gasteiger partial charge on any atom is -0.312 e. The zero-order chi connectivity index (χ0) is 9.10. The maximum absolute atomic E-state index is 4.36. The van der Waals surface area contributed by atoms with Crippen LogP contribution in [-0.2, 0) is 0 Å². The predicted molar refractivity (Wildman–Crippen MR) is 59.4 cm³/mol. The van der Waals surface area contributed by atoms with Gasteiger partial charge in [-0.25, -0.2) is 0 Å². The Bertz CT molecular complexity index is 147. The molecule has 0 aromatic heterocycles. The van der Waals surface area contributed by atoms with Crippen molar-refractivity contribution in [3.05, 3.63) is 0 Å². The van der Waals surface area contributed by atoms with E-state index in [4.69, 9.17) is 0 Å². The van der Waals surface area contributed by atoms with Crippen molar-refractivity contribution >= 4 is 12.6 Å². The molecule has 1 aliphatic carbocycles. The molecule has 2 fully saturated rings. The van der Waals surface area contributed by atoms with Crippen molar-refractivity contribution < 1.29 is 0 Å². The molecule has 0 bridgehead atoms. The highest BCUT2D eigenvalue weighted by Crippen LogP contribution is 2.20. The fraction of sp³-hybridized carbons (Fsp3) is 1.00. The van der Waals surface area contributed by atoms with Gasteiger partial charge in [0.15, 0.2) is 0 Å². The predicted octanol–water partition coefficient (Wildman–Crippen LogP) is 1.04. The standard InChI is InChI=1S/C10H20N2S/c13-7-8-5-11-9-3-1-2-4-10(9)12-6-8/h8-13H,1-7H2/t8?,9-,10+. The second kappa shape index (κ2) is 4.67. The van der Waals surface area contributed by atoms with Gasteiger partial charge < -0.3 is 10.6 Å². The minimum atomic E-state index is 0.717. The highest BCUT2D eigenvalue weighted by molar-refractivity contribution is 7.80. The van der Waals surface area contributed by atoms with Crippen molar-refractivity contribution in [1.82, 2.24) is 10.6 Å². The van der Waals surface area contributed by atoms with Crippen LogP contribution in [0.15, 0.2) is 0 Å². The van der Waals surface area contributed by atoms with Crippen molar-refractivity contribution in [2.24, 2.45) is 5.92 Å². The summed E-state index contributed by atoms with van der Waals surface area (Å²) in [5, 5.41) is 7.35. The average Bonchev–Trinajstić information content (AvgIpc) is 2.39. The van der Waals surface area contributed by atoms with E-state index in [-0.39, 0.29) is 0 Å².